The van der Waals surface area contributed by atoms with Gasteiger partial charge in [0, 0.05) is 0 Å². The van der Waals surface area contributed by atoms with Gasteiger partial charge in [0.15, 0.2) is 0 Å². The number of sulfonamides is 1. The summed E-state index contributed by atoms with van der Waals surface area (Å²) >= 11 is 0. The first-order valence-electron chi connectivity index (χ1n) is 8.97. The van der Waals surface area contributed by atoms with Crippen LogP contribution >= 0.6 is 12.4 Å². The summed E-state index contributed by atoms with van der Waals surface area (Å²) in [5.41, 5.74) is 1.89. The Morgan fingerprint density at radius 1 is 1.07 bits per heavy atom. The third kappa shape index (κ3) is 5.04. The number of esters is 1. The molecule has 8 heteroatoms. The minimum absolute atomic E-state index is 0. The zero-order chi connectivity index (χ0) is 19.3. The van der Waals surface area contributed by atoms with E-state index in [4.69, 9.17) is 4.74 Å². The van der Waals surface area contributed by atoms with Crippen molar-refractivity contribution in [3.8, 4) is 0 Å². The van der Waals surface area contributed by atoms with Gasteiger partial charge in [-0.05, 0) is 55.8 Å². The zero-order valence-electron chi connectivity index (χ0n) is 15.7. The van der Waals surface area contributed by atoms with Gasteiger partial charge in [-0.1, -0.05) is 30.3 Å². The Hall–Kier alpha value is -2.09. The Balaban J connectivity index is 0.00000280. The van der Waals surface area contributed by atoms with Crippen LogP contribution in [0.4, 0.5) is 5.69 Å². The highest BCUT2D eigenvalue weighted by atomic mass is 35.5. The monoisotopic (exact) mass is 424 g/mol. The molecule has 152 valence electrons. The van der Waals surface area contributed by atoms with Gasteiger partial charge < -0.3 is 10.1 Å². The fourth-order valence-electron chi connectivity index (χ4n) is 3.23. The fourth-order valence-corrected chi connectivity index (χ4v) is 5.16. The van der Waals surface area contributed by atoms with Gasteiger partial charge in [-0.3, -0.25) is 4.31 Å². The number of benzene rings is 2. The molecular weight excluding hydrogens is 400 g/mol. The lowest BCUT2D eigenvalue weighted by Gasteiger charge is -2.31. The van der Waals surface area contributed by atoms with E-state index in [-0.39, 0.29) is 19.0 Å². The number of carbonyl (C=O) groups excluding carboxylic acids is 1. The van der Waals surface area contributed by atoms with E-state index in [0.717, 1.165) is 5.56 Å². The summed E-state index contributed by atoms with van der Waals surface area (Å²) in [6, 6.07) is 16.0. The smallest absolute Gasteiger partial charge is 0.337 e. The SMILES string of the molecule is COC(=O)c1ccc(CN(c2ccccc2)S(=O)(=O)C2CCNCC2)cc1.Cl. The third-order valence-electron chi connectivity index (χ3n) is 4.76. The number of ether oxygens (including phenoxy) is 1. The maximum absolute atomic E-state index is 13.3. The molecule has 1 heterocycles. The molecule has 0 aromatic heterocycles. The Morgan fingerprint density at radius 2 is 1.68 bits per heavy atom. The lowest BCUT2D eigenvalue weighted by molar-refractivity contribution is 0.0600. The summed E-state index contributed by atoms with van der Waals surface area (Å²) in [5, 5.41) is 2.82. The summed E-state index contributed by atoms with van der Waals surface area (Å²) in [6.07, 6.45) is 1.21. The molecule has 1 N–H and O–H groups in total. The second-order valence-electron chi connectivity index (χ2n) is 6.52. The Kier molecular flexibility index (Phi) is 7.86. The molecule has 1 saturated heterocycles. The minimum atomic E-state index is -3.50. The summed E-state index contributed by atoms with van der Waals surface area (Å²) in [6.45, 7) is 1.64. The van der Waals surface area contributed by atoms with Crippen LogP contribution in [0.2, 0.25) is 0 Å². The molecule has 6 nitrogen and oxygen atoms in total. The Labute approximate surface area is 172 Å². The number of piperidine rings is 1. The summed E-state index contributed by atoms with van der Waals surface area (Å²) in [7, 11) is -2.17. The van der Waals surface area contributed by atoms with E-state index in [9.17, 15) is 13.2 Å². The van der Waals surface area contributed by atoms with Crippen molar-refractivity contribution in [2.24, 2.45) is 0 Å². The van der Waals surface area contributed by atoms with Crippen LogP contribution in [0, 0.1) is 0 Å². The van der Waals surface area contributed by atoms with Gasteiger partial charge in [-0.2, -0.15) is 0 Å². The Morgan fingerprint density at radius 3 is 2.25 bits per heavy atom. The van der Waals surface area contributed by atoms with E-state index in [1.54, 1.807) is 36.4 Å². The van der Waals surface area contributed by atoms with Gasteiger partial charge in [0.2, 0.25) is 10.0 Å². The summed E-state index contributed by atoms with van der Waals surface area (Å²) < 4.78 is 32.9. The topological polar surface area (TPSA) is 75.7 Å². The number of hydrogen-bond donors (Lipinski definition) is 1. The zero-order valence-corrected chi connectivity index (χ0v) is 17.3. The minimum Gasteiger partial charge on any atom is -0.465 e. The number of halogens is 1. The predicted octanol–water partition coefficient (Wildman–Crippen LogP) is 2.98. The van der Waals surface area contributed by atoms with Crippen LogP contribution in [0.25, 0.3) is 0 Å². The van der Waals surface area contributed by atoms with E-state index >= 15 is 0 Å². The normalized spacial score (nSPS) is 14.8. The molecule has 0 atom stereocenters. The third-order valence-corrected chi connectivity index (χ3v) is 7.03. The molecule has 3 rings (SSSR count). The molecule has 1 aliphatic heterocycles. The van der Waals surface area contributed by atoms with E-state index < -0.39 is 21.2 Å². The van der Waals surface area contributed by atoms with Crippen LogP contribution in [0.1, 0.15) is 28.8 Å². The molecular formula is C20H25ClN2O4S. The molecule has 0 bridgehead atoms. The molecule has 0 radical (unpaired) electrons. The molecule has 28 heavy (non-hydrogen) atoms. The van der Waals surface area contributed by atoms with E-state index in [2.05, 4.69) is 5.32 Å². The number of nitrogens with zero attached hydrogens (tertiary/aromatic N) is 1. The number of nitrogens with one attached hydrogen (secondary N) is 1. The second kappa shape index (κ2) is 9.91. The van der Waals surface area contributed by atoms with Crippen LogP contribution in [0.5, 0.6) is 0 Å². The van der Waals surface area contributed by atoms with Crippen molar-refractivity contribution in [2.75, 3.05) is 24.5 Å². The Bertz CT molecular complexity index is 867. The molecule has 0 saturated carbocycles. The first-order valence-corrected chi connectivity index (χ1v) is 10.5. The highest BCUT2D eigenvalue weighted by Gasteiger charge is 2.33. The van der Waals surface area contributed by atoms with Gasteiger partial charge in [-0.25, -0.2) is 13.2 Å². The number of methoxy groups -OCH3 is 1. The maximum atomic E-state index is 13.3. The van der Waals surface area contributed by atoms with Crippen molar-refractivity contribution in [3.63, 3.8) is 0 Å². The largest absolute Gasteiger partial charge is 0.465 e. The quantitative estimate of drug-likeness (QED) is 0.721. The maximum Gasteiger partial charge on any atom is 0.337 e. The molecule has 0 spiro atoms. The van der Waals surface area contributed by atoms with E-state index in [0.29, 0.717) is 37.2 Å². The average molecular weight is 425 g/mol. The molecule has 2 aromatic carbocycles. The molecule has 0 unspecified atom stereocenters. The summed E-state index contributed by atoms with van der Waals surface area (Å²) in [5.74, 6) is -0.413. The fraction of sp³-hybridized carbons (Fsp3) is 0.350. The van der Waals surface area contributed by atoms with Crippen molar-refractivity contribution in [1.29, 1.82) is 0 Å². The average Bonchev–Trinajstić information content (AvgIpc) is 2.73. The lowest BCUT2D eigenvalue weighted by Crippen LogP contribution is -2.43. The lowest BCUT2D eigenvalue weighted by atomic mass is 10.1. The summed E-state index contributed by atoms with van der Waals surface area (Å²) in [4.78, 5) is 11.6. The van der Waals surface area contributed by atoms with Gasteiger partial charge in [0.1, 0.15) is 0 Å². The van der Waals surface area contributed by atoms with Crippen molar-refractivity contribution < 1.29 is 17.9 Å². The van der Waals surface area contributed by atoms with Crippen molar-refractivity contribution in [3.05, 3.63) is 65.7 Å². The van der Waals surface area contributed by atoms with Gasteiger partial charge in [0.05, 0.1) is 30.2 Å². The molecule has 1 aliphatic rings. The van der Waals surface area contributed by atoms with Crippen LogP contribution in [-0.4, -0.2) is 39.8 Å². The second-order valence-corrected chi connectivity index (χ2v) is 8.66. The molecule has 0 aliphatic carbocycles. The number of carbonyl (C=O) groups is 1. The molecule has 2 aromatic rings. The van der Waals surface area contributed by atoms with E-state index in [1.165, 1.54) is 11.4 Å². The van der Waals surface area contributed by atoms with Crippen LogP contribution in [0.3, 0.4) is 0 Å². The molecule has 1 fully saturated rings. The first-order chi connectivity index (χ1) is 13.0. The van der Waals surface area contributed by atoms with Gasteiger partial charge in [0.25, 0.3) is 0 Å². The van der Waals surface area contributed by atoms with E-state index in [1.807, 2.05) is 18.2 Å². The van der Waals surface area contributed by atoms with Crippen LogP contribution in [0.15, 0.2) is 54.6 Å². The highest BCUT2D eigenvalue weighted by molar-refractivity contribution is 7.93. The number of rotatable bonds is 6. The number of hydrogen-bond acceptors (Lipinski definition) is 5. The predicted molar refractivity (Wildman–Crippen MR) is 112 cm³/mol. The number of anilines is 1. The van der Waals surface area contributed by atoms with Crippen molar-refractivity contribution in [2.45, 2.75) is 24.6 Å². The van der Waals surface area contributed by atoms with Gasteiger partial charge in [-0.15, -0.1) is 12.4 Å². The van der Waals surface area contributed by atoms with Crippen LogP contribution in [-0.2, 0) is 21.3 Å². The van der Waals surface area contributed by atoms with Gasteiger partial charge >= 0.3 is 5.97 Å². The van der Waals surface area contributed by atoms with Crippen molar-refractivity contribution in [1.82, 2.24) is 5.32 Å². The standard InChI is InChI=1S/C20H24N2O4S.ClH/c1-26-20(23)17-9-7-16(8-10-17)15-22(18-5-3-2-4-6-18)27(24,25)19-11-13-21-14-12-19;/h2-10,19,21H,11-15H2,1H3;1H. The van der Waals surface area contributed by atoms with Crippen molar-refractivity contribution >= 4 is 34.1 Å². The highest BCUT2D eigenvalue weighted by Crippen LogP contribution is 2.26. The molecule has 0 amide bonds. The van der Waals surface area contributed by atoms with Crippen LogP contribution < -0.4 is 9.62 Å². The first kappa shape index (κ1) is 22.2. The number of para-hydroxylation sites is 1.